The summed E-state index contributed by atoms with van der Waals surface area (Å²) < 4.78 is 2.05. The summed E-state index contributed by atoms with van der Waals surface area (Å²) >= 11 is 7.01. The van der Waals surface area contributed by atoms with Crippen LogP contribution in [0.4, 0.5) is 0 Å². The van der Waals surface area contributed by atoms with E-state index >= 15 is 0 Å². The first-order valence-corrected chi connectivity index (χ1v) is 9.60. The molecule has 4 rings (SSSR count). The predicted octanol–water partition coefficient (Wildman–Crippen LogP) is 6.40. The van der Waals surface area contributed by atoms with E-state index in [1.54, 1.807) is 6.20 Å². The van der Waals surface area contributed by atoms with E-state index < -0.39 is 0 Å². The summed E-state index contributed by atoms with van der Waals surface area (Å²) in [6.07, 6.45) is 1.75. The molecular weight excluding hydrogens is 454 g/mol. The largest absolute Gasteiger partial charge is 0.253 e. The van der Waals surface area contributed by atoms with Gasteiger partial charge in [-0.05, 0) is 42.5 Å². The zero-order chi connectivity index (χ0) is 17.9. The van der Waals surface area contributed by atoms with Gasteiger partial charge in [-0.2, -0.15) is 0 Å². The molecule has 0 unspecified atom stereocenters. The fourth-order valence-electron chi connectivity index (χ4n) is 2.62. The SMILES string of the molecule is Brc1ccc(-c2cc(-c3cccc(Br)c3)nc(-c3ccccn3)n2)cc1. The molecule has 5 heteroatoms. The summed E-state index contributed by atoms with van der Waals surface area (Å²) in [6.45, 7) is 0. The lowest BCUT2D eigenvalue weighted by Gasteiger charge is -2.09. The highest BCUT2D eigenvalue weighted by Crippen LogP contribution is 2.28. The van der Waals surface area contributed by atoms with E-state index in [1.165, 1.54) is 0 Å². The van der Waals surface area contributed by atoms with Gasteiger partial charge in [0.1, 0.15) is 5.69 Å². The van der Waals surface area contributed by atoms with Crippen molar-refractivity contribution in [2.45, 2.75) is 0 Å². The summed E-state index contributed by atoms with van der Waals surface area (Å²) in [5.41, 5.74) is 4.53. The van der Waals surface area contributed by atoms with Crippen molar-refractivity contribution in [1.29, 1.82) is 0 Å². The highest BCUT2D eigenvalue weighted by atomic mass is 79.9. The van der Waals surface area contributed by atoms with Gasteiger partial charge in [0, 0.05) is 26.3 Å². The van der Waals surface area contributed by atoms with Crippen molar-refractivity contribution in [2.75, 3.05) is 0 Å². The van der Waals surface area contributed by atoms with E-state index in [0.717, 1.165) is 37.2 Å². The van der Waals surface area contributed by atoms with Gasteiger partial charge in [0.05, 0.1) is 11.4 Å². The standard InChI is InChI=1S/C21H13Br2N3/c22-16-9-7-14(8-10-16)19-13-20(15-4-3-5-17(23)12-15)26-21(25-19)18-6-1-2-11-24-18/h1-13H. The van der Waals surface area contributed by atoms with Crippen LogP contribution in [-0.4, -0.2) is 15.0 Å². The Morgan fingerprint density at radius 3 is 2.04 bits per heavy atom. The van der Waals surface area contributed by atoms with Gasteiger partial charge in [0.25, 0.3) is 0 Å². The molecule has 4 aromatic rings. The van der Waals surface area contributed by atoms with Crippen molar-refractivity contribution in [3.05, 3.63) is 87.9 Å². The smallest absolute Gasteiger partial charge is 0.179 e. The van der Waals surface area contributed by atoms with Gasteiger partial charge in [-0.25, -0.2) is 9.97 Å². The molecule has 26 heavy (non-hydrogen) atoms. The quantitative estimate of drug-likeness (QED) is 0.350. The molecule has 0 saturated carbocycles. The van der Waals surface area contributed by atoms with Crippen LogP contribution in [0.25, 0.3) is 34.0 Å². The third kappa shape index (κ3) is 3.74. The summed E-state index contributed by atoms with van der Waals surface area (Å²) in [7, 11) is 0. The highest BCUT2D eigenvalue weighted by molar-refractivity contribution is 9.10. The fourth-order valence-corrected chi connectivity index (χ4v) is 3.28. The summed E-state index contributed by atoms with van der Waals surface area (Å²) in [6, 6.07) is 24.0. The molecule has 0 bridgehead atoms. The number of halogens is 2. The molecule has 0 saturated heterocycles. The van der Waals surface area contributed by atoms with Crippen molar-refractivity contribution < 1.29 is 0 Å². The number of hydrogen-bond donors (Lipinski definition) is 0. The van der Waals surface area contributed by atoms with E-state index in [9.17, 15) is 0 Å². The van der Waals surface area contributed by atoms with Crippen LogP contribution in [0, 0.1) is 0 Å². The number of pyridine rings is 1. The van der Waals surface area contributed by atoms with Gasteiger partial charge in [-0.15, -0.1) is 0 Å². The van der Waals surface area contributed by atoms with Crippen molar-refractivity contribution in [1.82, 2.24) is 15.0 Å². The second-order valence-electron chi connectivity index (χ2n) is 5.69. The van der Waals surface area contributed by atoms with Gasteiger partial charge in [-0.1, -0.05) is 62.2 Å². The Morgan fingerprint density at radius 2 is 1.35 bits per heavy atom. The average Bonchev–Trinajstić information content (AvgIpc) is 2.69. The van der Waals surface area contributed by atoms with Gasteiger partial charge in [0.15, 0.2) is 5.82 Å². The molecule has 0 spiro atoms. The number of rotatable bonds is 3. The molecule has 0 aliphatic carbocycles. The van der Waals surface area contributed by atoms with Crippen LogP contribution in [0.15, 0.2) is 87.9 Å². The molecule has 0 N–H and O–H groups in total. The first-order chi connectivity index (χ1) is 12.7. The molecule has 0 radical (unpaired) electrons. The van der Waals surface area contributed by atoms with Gasteiger partial charge in [0.2, 0.25) is 0 Å². The Hall–Kier alpha value is -2.37. The molecule has 2 aromatic heterocycles. The van der Waals surface area contributed by atoms with Crippen molar-refractivity contribution in [2.24, 2.45) is 0 Å². The maximum Gasteiger partial charge on any atom is 0.179 e. The molecule has 0 fully saturated rings. The van der Waals surface area contributed by atoms with E-state index in [0.29, 0.717) is 5.82 Å². The topological polar surface area (TPSA) is 38.7 Å². The van der Waals surface area contributed by atoms with Crippen LogP contribution in [0.1, 0.15) is 0 Å². The monoisotopic (exact) mass is 465 g/mol. The van der Waals surface area contributed by atoms with Gasteiger partial charge < -0.3 is 0 Å². The lowest BCUT2D eigenvalue weighted by atomic mass is 10.1. The van der Waals surface area contributed by atoms with Gasteiger partial charge in [-0.3, -0.25) is 4.98 Å². The molecule has 0 atom stereocenters. The zero-order valence-corrected chi connectivity index (χ0v) is 16.8. The minimum Gasteiger partial charge on any atom is -0.253 e. The van der Waals surface area contributed by atoms with E-state index in [1.807, 2.05) is 66.7 Å². The highest BCUT2D eigenvalue weighted by Gasteiger charge is 2.11. The molecule has 3 nitrogen and oxygen atoms in total. The number of hydrogen-bond acceptors (Lipinski definition) is 3. The second-order valence-corrected chi connectivity index (χ2v) is 7.53. The third-order valence-corrected chi connectivity index (χ3v) is 4.90. The Morgan fingerprint density at radius 1 is 0.577 bits per heavy atom. The molecule has 0 amide bonds. The molecule has 0 aliphatic rings. The Balaban J connectivity index is 1.91. The maximum atomic E-state index is 4.75. The van der Waals surface area contributed by atoms with Crippen LogP contribution in [-0.2, 0) is 0 Å². The van der Waals surface area contributed by atoms with Crippen LogP contribution in [0.2, 0.25) is 0 Å². The van der Waals surface area contributed by atoms with Crippen molar-refractivity contribution >= 4 is 31.9 Å². The minimum atomic E-state index is 0.612. The Labute approximate surface area is 168 Å². The molecule has 2 aromatic carbocycles. The summed E-state index contributed by atoms with van der Waals surface area (Å²) in [5, 5.41) is 0. The van der Waals surface area contributed by atoms with Crippen LogP contribution in [0.3, 0.4) is 0 Å². The average molecular weight is 467 g/mol. The van der Waals surface area contributed by atoms with Crippen molar-refractivity contribution in [3.63, 3.8) is 0 Å². The summed E-state index contributed by atoms with van der Waals surface area (Å²) in [5.74, 6) is 0.612. The fraction of sp³-hybridized carbons (Fsp3) is 0. The number of aromatic nitrogens is 3. The Bertz CT molecular complexity index is 1050. The van der Waals surface area contributed by atoms with E-state index in [4.69, 9.17) is 9.97 Å². The second kappa shape index (κ2) is 7.48. The normalized spacial score (nSPS) is 10.7. The number of benzene rings is 2. The first kappa shape index (κ1) is 17.1. The van der Waals surface area contributed by atoms with Crippen LogP contribution >= 0.6 is 31.9 Å². The van der Waals surface area contributed by atoms with E-state index in [-0.39, 0.29) is 0 Å². The lowest BCUT2D eigenvalue weighted by molar-refractivity contribution is 1.15. The summed E-state index contributed by atoms with van der Waals surface area (Å²) in [4.78, 5) is 13.9. The maximum absolute atomic E-state index is 4.75. The van der Waals surface area contributed by atoms with Crippen molar-refractivity contribution in [3.8, 4) is 34.0 Å². The van der Waals surface area contributed by atoms with Gasteiger partial charge >= 0.3 is 0 Å². The number of nitrogens with zero attached hydrogens (tertiary/aromatic N) is 3. The molecule has 0 aliphatic heterocycles. The zero-order valence-electron chi connectivity index (χ0n) is 13.6. The first-order valence-electron chi connectivity index (χ1n) is 8.01. The molecule has 126 valence electrons. The van der Waals surface area contributed by atoms with Crippen LogP contribution in [0.5, 0.6) is 0 Å². The lowest BCUT2D eigenvalue weighted by Crippen LogP contribution is -1.97. The Kier molecular flexibility index (Phi) is 4.91. The van der Waals surface area contributed by atoms with E-state index in [2.05, 4.69) is 42.9 Å². The molecular formula is C21H13Br2N3. The van der Waals surface area contributed by atoms with Crippen LogP contribution < -0.4 is 0 Å². The predicted molar refractivity (Wildman–Crippen MR) is 112 cm³/mol. The third-order valence-electron chi connectivity index (χ3n) is 3.88. The molecule has 2 heterocycles. The minimum absolute atomic E-state index is 0.612.